The van der Waals surface area contributed by atoms with Crippen LogP contribution in [0.4, 0.5) is 4.79 Å². The molecule has 0 bridgehead atoms. The molecule has 0 amide bonds. The van der Waals surface area contributed by atoms with Crippen molar-refractivity contribution in [2.75, 3.05) is 20.3 Å². The highest BCUT2D eigenvalue weighted by Crippen LogP contribution is 2.35. The summed E-state index contributed by atoms with van der Waals surface area (Å²) in [5, 5.41) is 10.5. The molecular weight excluding hydrogens is 248 g/mol. The first-order valence-electron chi connectivity index (χ1n) is 5.76. The first-order valence-corrected chi connectivity index (χ1v) is 5.76. The van der Waals surface area contributed by atoms with E-state index in [0.717, 1.165) is 10.8 Å². The van der Waals surface area contributed by atoms with Gasteiger partial charge < -0.3 is 19.3 Å². The van der Waals surface area contributed by atoms with Crippen LogP contribution in [-0.4, -0.2) is 31.6 Å². The highest BCUT2D eigenvalue weighted by atomic mass is 16.7. The molecule has 0 saturated heterocycles. The molecule has 0 spiro atoms. The summed E-state index contributed by atoms with van der Waals surface area (Å²) in [6.07, 6.45) is -1.37. The smallest absolute Gasteiger partial charge is 0.487 e. The molecule has 0 atom stereocenters. The van der Waals surface area contributed by atoms with Crippen molar-refractivity contribution < 1.29 is 24.1 Å². The van der Waals surface area contributed by atoms with E-state index in [1.54, 1.807) is 19.2 Å². The van der Waals surface area contributed by atoms with E-state index in [0.29, 0.717) is 19.0 Å². The molecule has 2 aromatic carbocycles. The van der Waals surface area contributed by atoms with E-state index in [1.807, 2.05) is 24.3 Å². The van der Waals surface area contributed by atoms with Crippen LogP contribution in [0.1, 0.15) is 0 Å². The number of ether oxygens (including phenoxy) is 3. The minimum absolute atomic E-state index is 0.183. The van der Waals surface area contributed by atoms with Gasteiger partial charge in [0.2, 0.25) is 0 Å². The Balaban J connectivity index is 2.41. The Morgan fingerprint density at radius 2 is 1.95 bits per heavy atom. The van der Waals surface area contributed by atoms with Gasteiger partial charge in [-0.25, -0.2) is 4.79 Å². The Morgan fingerprint density at radius 1 is 1.16 bits per heavy atom. The summed E-state index contributed by atoms with van der Waals surface area (Å²) in [7, 11) is 1.57. The lowest BCUT2D eigenvalue weighted by atomic mass is 10.1. The van der Waals surface area contributed by atoms with Gasteiger partial charge in [-0.15, -0.1) is 0 Å². The summed E-state index contributed by atoms with van der Waals surface area (Å²) >= 11 is 0. The zero-order chi connectivity index (χ0) is 13.7. The summed E-state index contributed by atoms with van der Waals surface area (Å²) in [5.74, 6) is 0.597. The minimum atomic E-state index is -1.37. The first kappa shape index (κ1) is 13.2. The number of benzene rings is 2. The summed E-state index contributed by atoms with van der Waals surface area (Å²) in [4.78, 5) is 10.7. The first-order chi connectivity index (χ1) is 9.22. The normalized spacial score (nSPS) is 10.4. The molecule has 5 heteroatoms. The number of methoxy groups -OCH3 is 1. The zero-order valence-corrected chi connectivity index (χ0v) is 10.5. The van der Waals surface area contributed by atoms with Gasteiger partial charge in [0.05, 0.1) is 6.61 Å². The Hall–Kier alpha value is -2.27. The predicted octanol–water partition coefficient (Wildman–Crippen LogP) is 2.92. The van der Waals surface area contributed by atoms with Crippen LogP contribution < -0.4 is 9.47 Å². The lowest BCUT2D eigenvalue weighted by Gasteiger charge is -2.12. The van der Waals surface area contributed by atoms with Crippen LogP contribution in [0.15, 0.2) is 36.4 Å². The Morgan fingerprint density at radius 3 is 2.68 bits per heavy atom. The average Bonchev–Trinajstić information content (AvgIpc) is 2.40. The fourth-order valence-corrected chi connectivity index (χ4v) is 1.77. The number of rotatable bonds is 5. The highest BCUT2D eigenvalue weighted by molar-refractivity contribution is 5.91. The van der Waals surface area contributed by atoms with Gasteiger partial charge in [0.1, 0.15) is 6.61 Å². The lowest BCUT2D eigenvalue weighted by molar-refractivity contribution is 0.134. The third-order valence-electron chi connectivity index (χ3n) is 2.57. The lowest BCUT2D eigenvalue weighted by Crippen LogP contribution is -2.08. The van der Waals surface area contributed by atoms with Crippen molar-refractivity contribution in [3.63, 3.8) is 0 Å². The van der Waals surface area contributed by atoms with Gasteiger partial charge in [-0.1, -0.05) is 30.3 Å². The van der Waals surface area contributed by atoms with Crippen molar-refractivity contribution in [3.05, 3.63) is 36.4 Å². The molecule has 0 fully saturated rings. The SMILES string of the molecule is COCCOc1c(OC(=O)O)ccc2ccccc12. The minimum Gasteiger partial charge on any atom is -0.487 e. The molecule has 2 aromatic rings. The number of fused-ring (bicyclic) bond motifs is 1. The number of carboxylic acid groups (broad SMARTS) is 1. The maximum Gasteiger partial charge on any atom is 0.511 e. The van der Waals surface area contributed by atoms with E-state index in [-0.39, 0.29) is 5.75 Å². The van der Waals surface area contributed by atoms with Crippen LogP contribution in [0.2, 0.25) is 0 Å². The van der Waals surface area contributed by atoms with Crippen molar-refractivity contribution in [3.8, 4) is 11.5 Å². The molecule has 5 nitrogen and oxygen atoms in total. The topological polar surface area (TPSA) is 65.0 Å². The van der Waals surface area contributed by atoms with Crippen molar-refractivity contribution in [1.82, 2.24) is 0 Å². The molecule has 0 unspecified atom stereocenters. The second kappa shape index (κ2) is 6.06. The maximum atomic E-state index is 10.7. The molecular formula is C14H14O5. The van der Waals surface area contributed by atoms with Crippen molar-refractivity contribution in [2.24, 2.45) is 0 Å². The van der Waals surface area contributed by atoms with Crippen LogP contribution in [0.3, 0.4) is 0 Å². The van der Waals surface area contributed by atoms with Gasteiger partial charge in [-0.05, 0) is 11.5 Å². The molecule has 0 aliphatic heterocycles. The molecule has 0 heterocycles. The molecule has 1 N–H and O–H groups in total. The summed E-state index contributed by atoms with van der Waals surface area (Å²) in [5.41, 5.74) is 0. The van der Waals surface area contributed by atoms with Crippen LogP contribution >= 0.6 is 0 Å². The van der Waals surface area contributed by atoms with Crippen molar-refractivity contribution in [2.45, 2.75) is 0 Å². The quantitative estimate of drug-likeness (QED) is 0.510. The van der Waals surface area contributed by atoms with Crippen LogP contribution in [-0.2, 0) is 4.74 Å². The number of hydrogen-bond donors (Lipinski definition) is 1. The fourth-order valence-electron chi connectivity index (χ4n) is 1.77. The standard InChI is InChI=1S/C14H14O5/c1-17-8-9-18-13-11-5-3-2-4-10(11)6-7-12(13)19-14(15)16/h2-7H,8-9H2,1H3,(H,15,16). The molecule has 0 aromatic heterocycles. The van der Waals surface area contributed by atoms with Gasteiger partial charge in [0.15, 0.2) is 11.5 Å². The van der Waals surface area contributed by atoms with E-state index in [2.05, 4.69) is 0 Å². The third kappa shape index (κ3) is 3.14. The molecule has 2 rings (SSSR count). The summed E-state index contributed by atoms with van der Waals surface area (Å²) in [6, 6.07) is 10.9. The van der Waals surface area contributed by atoms with Gasteiger partial charge in [0.25, 0.3) is 0 Å². The fraction of sp³-hybridized carbons (Fsp3) is 0.214. The maximum absolute atomic E-state index is 10.7. The van der Waals surface area contributed by atoms with Crippen LogP contribution in [0.25, 0.3) is 10.8 Å². The van der Waals surface area contributed by atoms with Gasteiger partial charge >= 0.3 is 6.16 Å². The monoisotopic (exact) mass is 262 g/mol. The molecule has 100 valence electrons. The second-order valence-corrected chi connectivity index (χ2v) is 3.82. The van der Waals surface area contributed by atoms with E-state index in [1.165, 1.54) is 0 Å². The van der Waals surface area contributed by atoms with E-state index >= 15 is 0 Å². The Kier molecular flexibility index (Phi) is 4.20. The Labute approximate surface area is 110 Å². The van der Waals surface area contributed by atoms with Crippen molar-refractivity contribution >= 4 is 16.9 Å². The predicted molar refractivity (Wildman–Crippen MR) is 70.0 cm³/mol. The number of hydrogen-bond acceptors (Lipinski definition) is 4. The van der Waals surface area contributed by atoms with E-state index in [9.17, 15) is 4.79 Å². The van der Waals surface area contributed by atoms with E-state index < -0.39 is 6.16 Å². The average molecular weight is 262 g/mol. The van der Waals surface area contributed by atoms with Crippen molar-refractivity contribution in [1.29, 1.82) is 0 Å². The molecule has 0 aliphatic rings. The van der Waals surface area contributed by atoms with Gasteiger partial charge in [-0.2, -0.15) is 0 Å². The second-order valence-electron chi connectivity index (χ2n) is 3.82. The van der Waals surface area contributed by atoms with Gasteiger partial charge in [0, 0.05) is 12.5 Å². The molecule has 0 radical (unpaired) electrons. The third-order valence-corrected chi connectivity index (χ3v) is 2.57. The summed E-state index contributed by atoms with van der Waals surface area (Å²) < 4.78 is 15.2. The largest absolute Gasteiger partial charge is 0.511 e. The highest BCUT2D eigenvalue weighted by Gasteiger charge is 2.13. The number of carbonyl (C=O) groups is 1. The molecule has 0 saturated carbocycles. The van der Waals surface area contributed by atoms with Crippen LogP contribution in [0, 0.1) is 0 Å². The molecule has 19 heavy (non-hydrogen) atoms. The van der Waals surface area contributed by atoms with Crippen LogP contribution in [0.5, 0.6) is 11.5 Å². The van der Waals surface area contributed by atoms with Gasteiger partial charge in [-0.3, -0.25) is 0 Å². The Bertz CT molecular complexity index is 579. The zero-order valence-electron chi connectivity index (χ0n) is 10.5. The summed E-state index contributed by atoms with van der Waals surface area (Å²) in [6.45, 7) is 0.732. The van der Waals surface area contributed by atoms with E-state index in [4.69, 9.17) is 19.3 Å². The molecule has 0 aliphatic carbocycles.